The molecule has 3 aliphatic rings. The molecule has 0 aromatic carbocycles. The third-order valence-corrected chi connectivity index (χ3v) is 6.84. The molecule has 5 heteroatoms. The Bertz CT molecular complexity index is 777. The van der Waals surface area contributed by atoms with E-state index in [1.165, 1.54) is 28.9 Å². The number of aliphatic imine (C=N–C) groups is 1. The van der Waals surface area contributed by atoms with Crippen LogP contribution in [0.2, 0.25) is 0 Å². The summed E-state index contributed by atoms with van der Waals surface area (Å²) in [6.07, 6.45) is 10.0. The Hall–Kier alpha value is -1.88. The van der Waals surface area contributed by atoms with Crippen LogP contribution in [-0.4, -0.2) is 36.8 Å². The van der Waals surface area contributed by atoms with Crippen molar-refractivity contribution in [2.75, 3.05) is 20.1 Å². The van der Waals surface area contributed by atoms with Crippen molar-refractivity contribution < 1.29 is 4.79 Å². The minimum Gasteiger partial charge on any atom is -0.346 e. The molecule has 26 heavy (non-hydrogen) atoms. The van der Waals surface area contributed by atoms with Gasteiger partial charge in [-0.2, -0.15) is 0 Å². The fraction of sp³-hybridized carbons (Fsp3) is 0.524. The van der Waals surface area contributed by atoms with Crippen molar-refractivity contribution in [2.24, 2.45) is 10.9 Å². The lowest BCUT2D eigenvalue weighted by atomic mass is 9.85. The SMILES string of the molecule is CC/C=C1/C(C2CCN(C(=O)c3ccc(C4CC4)s3)CC2)=CNC1=NC. The highest BCUT2D eigenvalue weighted by molar-refractivity contribution is 7.14. The first-order valence-electron chi connectivity index (χ1n) is 9.74. The number of likely N-dealkylation sites (tertiary alicyclic amines) is 1. The number of nitrogens with zero attached hydrogens (tertiary/aromatic N) is 2. The Labute approximate surface area is 159 Å². The number of piperidine rings is 1. The minimum atomic E-state index is 0.221. The van der Waals surface area contributed by atoms with Gasteiger partial charge in [-0.25, -0.2) is 0 Å². The first kappa shape index (κ1) is 17.5. The van der Waals surface area contributed by atoms with E-state index >= 15 is 0 Å². The summed E-state index contributed by atoms with van der Waals surface area (Å²) in [4.78, 5) is 21.5. The van der Waals surface area contributed by atoms with Crippen molar-refractivity contribution in [3.63, 3.8) is 0 Å². The molecule has 0 atom stereocenters. The normalized spacial score (nSPS) is 24.2. The fourth-order valence-corrected chi connectivity index (χ4v) is 5.13. The number of amides is 1. The second-order valence-corrected chi connectivity index (χ2v) is 8.50. The van der Waals surface area contributed by atoms with Crippen LogP contribution in [0, 0.1) is 5.92 Å². The summed E-state index contributed by atoms with van der Waals surface area (Å²) >= 11 is 1.70. The smallest absolute Gasteiger partial charge is 0.263 e. The van der Waals surface area contributed by atoms with Crippen LogP contribution in [0.15, 0.2) is 40.5 Å². The Morgan fingerprint density at radius 2 is 2.04 bits per heavy atom. The average Bonchev–Trinajstić information content (AvgIpc) is 3.26. The molecule has 4 rings (SSSR count). The maximum atomic E-state index is 12.8. The van der Waals surface area contributed by atoms with Crippen molar-refractivity contribution in [2.45, 2.75) is 44.9 Å². The molecular weight excluding hydrogens is 342 g/mol. The van der Waals surface area contributed by atoms with Gasteiger partial charge in [0.2, 0.25) is 0 Å². The molecule has 0 unspecified atom stereocenters. The molecule has 1 aromatic rings. The lowest BCUT2D eigenvalue weighted by Gasteiger charge is -2.32. The average molecular weight is 370 g/mol. The van der Waals surface area contributed by atoms with E-state index in [1.807, 2.05) is 18.0 Å². The summed E-state index contributed by atoms with van der Waals surface area (Å²) in [6.45, 7) is 3.85. The van der Waals surface area contributed by atoms with Crippen molar-refractivity contribution in [3.05, 3.63) is 45.3 Å². The fourth-order valence-electron chi connectivity index (χ4n) is 3.98. The predicted octanol–water partition coefficient (Wildman–Crippen LogP) is 4.33. The second kappa shape index (κ2) is 7.39. The monoisotopic (exact) mass is 369 g/mol. The van der Waals surface area contributed by atoms with Gasteiger partial charge in [-0.05, 0) is 61.6 Å². The number of hydrogen-bond acceptors (Lipinski definition) is 3. The van der Waals surface area contributed by atoms with Crippen LogP contribution >= 0.6 is 11.3 Å². The van der Waals surface area contributed by atoms with Crippen LogP contribution in [0.25, 0.3) is 0 Å². The maximum Gasteiger partial charge on any atom is 0.263 e. The van der Waals surface area contributed by atoms with Crippen LogP contribution in [0.1, 0.15) is 59.5 Å². The molecule has 1 aromatic heterocycles. The third-order valence-electron chi connectivity index (χ3n) is 5.60. The largest absolute Gasteiger partial charge is 0.346 e. The molecular formula is C21H27N3OS. The molecule has 1 saturated heterocycles. The van der Waals surface area contributed by atoms with Gasteiger partial charge in [-0.1, -0.05) is 13.0 Å². The third kappa shape index (κ3) is 3.37. The molecule has 0 bridgehead atoms. The van der Waals surface area contributed by atoms with E-state index in [0.717, 1.165) is 49.0 Å². The number of hydrogen-bond donors (Lipinski definition) is 1. The van der Waals surface area contributed by atoms with Gasteiger partial charge in [-0.15, -0.1) is 11.3 Å². The Morgan fingerprint density at radius 3 is 2.69 bits per heavy atom. The maximum absolute atomic E-state index is 12.8. The first-order valence-corrected chi connectivity index (χ1v) is 10.6. The first-order chi connectivity index (χ1) is 12.7. The van der Waals surface area contributed by atoms with E-state index in [1.54, 1.807) is 11.3 Å². The number of amidine groups is 1. The van der Waals surface area contributed by atoms with Crippen molar-refractivity contribution in [1.82, 2.24) is 10.2 Å². The van der Waals surface area contributed by atoms with E-state index in [2.05, 4.69) is 35.6 Å². The molecule has 0 spiro atoms. The van der Waals surface area contributed by atoms with Crippen molar-refractivity contribution in [1.29, 1.82) is 0 Å². The summed E-state index contributed by atoms with van der Waals surface area (Å²) in [6, 6.07) is 4.19. The molecule has 2 aliphatic heterocycles. The van der Waals surface area contributed by atoms with Crippen LogP contribution in [-0.2, 0) is 0 Å². The second-order valence-electron chi connectivity index (χ2n) is 7.39. The molecule has 1 aliphatic carbocycles. The molecule has 1 N–H and O–H groups in total. The van der Waals surface area contributed by atoms with Gasteiger partial charge in [0.1, 0.15) is 5.84 Å². The Kier molecular flexibility index (Phi) is 4.98. The van der Waals surface area contributed by atoms with Gasteiger partial charge in [0.15, 0.2) is 0 Å². The number of carbonyl (C=O) groups excluding carboxylic acids is 1. The zero-order valence-corrected chi connectivity index (χ0v) is 16.4. The predicted molar refractivity (Wildman–Crippen MR) is 108 cm³/mol. The number of rotatable bonds is 4. The van der Waals surface area contributed by atoms with Gasteiger partial charge in [0.05, 0.1) is 4.88 Å². The Morgan fingerprint density at radius 1 is 1.27 bits per heavy atom. The zero-order chi connectivity index (χ0) is 18.1. The summed E-state index contributed by atoms with van der Waals surface area (Å²) in [5.41, 5.74) is 2.62. The van der Waals surface area contributed by atoms with E-state index in [4.69, 9.17) is 0 Å². The van der Waals surface area contributed by atoms with E-state index in [9.17, 15) is 4.79 Å². The molecule has 138 valence electrons. The lowest BCUT2D eigenvalue weighted by Crippen LogP contribution is -2.38. The van der Waals surface area contributed by atoms with E-state index in [-0.39, 0.29) is 5.91 Å². The number of allylic oxidation sites excluding steroid dienone is 1. The van der Waals surface area contributed by atoms with Gasteiger partial charge >= 0.3 is 0 Å². The van der Waals surface area contributed by atoms with E-state index < -0.39 is 0 Å². The highest BCUT2D eigenvalue weighted by Gasteiger charge is 2.31. The summed E-state index contributed by atoms with van der Waals surface area (Å²) in [5, 5.41) is 3.31. The Balaban J connectivity index is 1.39. The van der Waals surface area contributed by atoms with Crippen molar-refractivity contribution in [3.8, 4) is 0 Å². The lowest BCUT2D eigenvalue weighted by molar-refractivity contribution is 0.0708. The van der Waals surface area contributed by atoms with Gasteiger partial charge in [0.25, 0.3) is 5.91 Å². The van der Waals surface area contributed by atoms with Crippen LogP contribution < -0.4 is 5.32 Å². The van der Waals surface area contributed by atoms with Crippen molar-refractivity contribution >= 4 is 23.1 Å². The highest BCUT2D eigenvalue weighted by Crippen LogP contribution is 2.43. The number of thiophene rings is 1. The summed E-state index contributed by atoms with van der Waals surface area (Å²) < 4.78 is 0. The van der Waals surface area contributed by atoms with Crippen LogP contribution in [0.3, 0.4) is 0 Å². The standard InChI is InChI=1S/C21H27N3OS/c1-3-4-16-17(13-23-20(16)22-2)14-9-11-24(12-10-14)21(25)19-8-7-18(26-19)15-5-6-15/h4,7-8,13-15H,3,5-6,9-12H2,1-2H3,(H,22,23)/b16-4-. The number of nitrogens with one attached hydrogen (secondary N) is 1. The van der Waals surface area contributed by atoms with Crippen LogP contribution in [0.5, 0.6) is 0 Å². The van der Waals surface area contributed by atoms with E-state index in [0.29, 0.717) is 5.92 Å². The topological polar surface area (TPSA) is 44.7 Å². The van der Waals surface area contributed by atoms with Gasteiger partial charge < -0.3 is 10.2 Å². The zero-order valence-electron chi connectivity index (χ0n) is 15.6. The van der Waals surface area contributed by atoms with Gasteiger partial charge in [0, 0.05) is 36.8 Å². The molecule has 0 radical (unpaired) electrons. The molecule has 1 saturated carbocycles. The molecule has 1 amide bonds. The molecule has 3 heterocycles. The number of carbonyl (C=O) groups is 1. The summed E-state index contributed by atoms with van der Waals surface area (Å²) in [7, 11) is 1.83. The van der Waals surface area contributed by atoms with Crippen LogP contribution in [0.4, 0.5) is 0 Å². The molecule has 4 nitrogen and oxygen atoms in total. The van der Waals surface area contributed by atoms with Gasteiger partial charge in [-0.3, -0.25) is 9.79 Å². The quantitative estimate of drug-likeness (QED) is 0.858. The summed E-state index contributed by atoms with van der Waals surface area (Å²) in [5.74, 6) is 2.44. The molecule has 2 fully saturated rings. The minimum absolute atomic E-state index is 0.221. The highest BCUT2D eigenvalue weighted by atomic mass is 32.1.